The van der Waals surface area contributed by atoms with Crippen molar-refractivity contribution in [2.45, 2.75) is 24.0 Å². The minimum absolute atomic E-state index is 0.0941. The standard InChI is InChI=1S/C27H31ClN2O5S2/c1-20-9-12-23(13-10-20)37(32,33)30(22-11-14-25(34-2)26(17-22)35-3)18-27(31)29-15-6-16-36-19-21-7-4-5-8-24(21)28/h4-5,7-14,17H,6,15-16,18-19H2,1-3H3,(H,29,31). The SMILES string of the molecule is COc1ccc(N(CC(=O)NCCCSCc2ccccc2Cl)S(=O)(=O)c2ccc(C)cc2)cc1OC. The summed E-state index contributed by atoms with van der Waals surface area (Å²) < 4.78 is 38.9. The van der Waals surface area contributed by atoms with Gasteiger partial charge in [0.15, 0.2) is 11.5 Å². The molecule has 0 saturated heterocycles. The van der Waals surface area contributed by atoms with Crippen LogP contribution in [0.15, 0.2) is 71.6 Å². The Morgan fingerprint density at radius 1 is 1.00 bits per heavy atom. The van der Waals surface area contributed by atoms with Crippen LogP contribution in [0.5, 0.6) is 11.5 Å². The highest BCUT2D eigenvalue weighted by Gasteiger charge is 2.28. The molecule has 3 rings (SSSR count). The molecule has 198 valence electrons. The Balaban J connectivity index is 1.67. The van der Waals surface area contributed by atoms with Crippen molar-refractivity contribution >= 4 is 45.0 Å². The fraction of sp³-hybridized carbons (Fsp3) is 0.296. The van der Waals surface area contributed by atoms with Crippen molar-refractivity contribution in [1.82, 2.24) is 5.32 Å². The lowest BCUT2D eigenvalue weighted by atomic mass is 10.2. The van der Waals surface area contributed by atoms with E-state index in [4.69, 9.17) is 21.1 Å². The van der Waals surface area contributed by atoms with E-state index in [-0.39, 0.29) is 11.4 Å². The smallest absolute Gasteiger partial charge is 0.264 e. The molecule has 3 aromatic rings. The van der Waals surface area contributed by atoms with E-state index in [0.29, 0.717) is 23.7 Å². The minimum Gasteiger partial charge on any atom is -0.493 e. The number of thioether (sulfide) groups is 1. The molecule has 10 heteroatoms. The highest BCUT2D eigenvalue weighted by atomic mass is 35.5. The molecule has 0 bridgehead atoms. The number of amides is 1. The number of halogens is 1. The summed E-state index contributed by atoms with van der Waals surface area (Å²) in [6, 6.07) is 19.0. The van der Waals surface area contributed by atoms with Gasteiger partial charge in [-0.1, -0.05) is 47.5 Å². The lowest BCUT2D eigenvalue weighted by Gasteiger charge is -2.25. The quantitative estimate of drug-likeness (QED) is 0.285. The van der Waals surface area contributed by atoms with E-state index in [1.54, 1.807) is 42.1 Å². The number of nitrogens with zero attached hydrogens (tertiary/aromatic N) is 1. The largest absolute Gasteiger partial charge is 0.493 e. The van der Waals surface area contributed by atoms with Crippen LogP contribution in [0.25, 0.3) is 0 Å². The highest BCUT2D eigenvalue weighted by molar-refractivity contribution is 7.98. The number of hydrogen-bond donors (Lipinski definition) is 1. The van der Waals surface area contributed by atoms with Crippen LogP contribution in [0.3, 0.4) is 0 Å². The van der Waals surface area contributed by atoms with Gasteiger partial charge in [0.2, 0.25) is 5.91 Å². The van der Waals surface area contributed by atoms with Gasteiger partial charge in [0.1, 0.15) is 6.54 Å². The predicted octanol–water partition coefficient (Wildman–Crippen LogP) is 5.30. The van der Waals surface area contributed by atoms with Gasteiger partial charge in [-0.05, 0) is 55.0 Å². The van der Waals surface area contributed by atoms with Crippen LogP contribution in [0.4, 0.5) is 5.69 Å². The Kier molecular flexibility index (Phi) is 10.5. The van der Waals surface area contributed by atoms with E-state index in [1.807, 2.05) is 31.2 Å². The summed E-state index contributed by atoms with van der Waals surface area (Å²) in [6.45, 7) is 1.93. The number of rotatable bonds is 13. The van der Waals surface area contributed by atoms with Crippen LogP contribution in [-0.2, 0) is 20.6 Å². The topological polar surface area (TPSA) is 84.9 Å². The van der Waals surface area contributed by atoms with Crippen LogP contribution in [0.2, 0.25) is 5.02 Å². The minimum atomic E-state index is -4.02. The van der Waals surface area contributed by atoms with E-state index in [2.05, 4.69) is 5.32 Å². The van der Waals surface area contributed by atoms with Gasteiger partial charge in [0.25, 0.3) is 10.0 Å². The molecule has 0 aliphatic carbocycles. The van der Waals surface area contributed by atoms with E-state index in [0.717, 1.165) is 38.4 Å². The van der Waals surface area contributed by atoms with Gasteiger partial charge in [-0.2, -0.15) is 11.8 Å². The van der Waals surface area contributed by atoms with E-state index >= 15 is 0 Å². The summed E-state index contributed by atoms with van der Waals surface area (Å²) in [5, 5.41) is 3.58. The molecular weight excluding hydrogens is 532 g/mol. The number of ether oxygens (including phenoxy) is 2. The van der Waals surface area contributed by atoms with Gasteiger partial charge in [-0.3, -0.25) is 9.10 Å². The second-order valence-corrected chi connectivity index (χ2v) is 11.6. The zero-order valence-corrected chi connectivity index (χ0v) is 23.5. The predicted molar refractivity (Wildman–Crippen MR) is 150 cm³/mol. The molecule has 0 saturated carbocycles. The molecule has 37 heavy (non-hydrogen) atoms. The third-order valence-corrected chi connectivity index (χ3v) is 8.80. The first-order chi connectivity index (χ1) is 17.8. The molecule has 0 fully saturated rings. The van der Waals surface area contributed by atoms with Gasteiger partial charge in [-0.15, -0.1) is 0 Å². The molecule has 0 aliphatic heterocycles. The lowest BCUT2D eigenvalue weighted by molar-refractivity contribution is -0.119. The molecule has 1 N–H and O–H groups in total. The Bertz CT molecular complexity index is 1300. The molecule has 0 spiro atoms. The Labute approximate surface area is 228 Å². The van der Waals surface area contributed by atoms with Gasteiger partial charge in [-0.25, -0.2) is 8.42 Å². The summed E-state index contributed by atoms with van der Waals surface area (Å²) in [4.78, 5) is 12.9. The van der Waals surface area contributed by atoms with Crippen molar-refractivity contribution in [3.05, 3.63) is 82.9 Å². The second kappa shape index (κ2) is 13.6. The molecule has 1 amide bonds. The van der Waals surface area contributed by atoms with Gasteiger partial charge >= 0.3 is 0 Å². The normalized spacial score (nSPS) is 11.1. The molecule has 7 nitrogen and oxygen atoms in total. The second-order valence-electron chi connectivity index (χ2n) is 8.21. The van der Waals surface area contributed by atoms with Crippen molar-refractivity contribution in [3.63, 3.8) is 0 Å². The number of benzene rings is 3. The summed E-state index contributed by atoms with van der Waals surface area (Å²) in [5.74, 6) is 2.03. The number of carbonyl (C=O) groups is 1. The zero-order chi connectivity index (χ0) is 26.8. The summed E-state index contributed by atoms with van der Waals surface area (Å²) >= 11 is 7.92. The fourth-order valence-electron chi connectivity index (χ4n) is 3.52. The summed E-state index contributed by atoms with van der Waals surface area (Å²) in [6.07, 6.45) is 0.738. The number of hydrogen-bond acceptors (Lipinski definition) is 6. The number of sulfonamides is 1. The highest BCUT2D eigenvalue weighted by Crippen LogP contribution is 2.33. The maximum atomic E-state index is 13.6. The van der Waals surface area contributed by atoms with Crippen LogP contribution in [0, 0.1) is 6.92 Å². The third kappa shape index (κ3) is 7.80. The Hall–Kier alpha value is -2.88. The van der Waals surface area contributed by atoms with Crippen LogP contribution in [0.1, 0.15) is 17.5 Å². The van der Waals surface area contributed by atoms with E-state index in [1.165, 1.54) is 26.4 Å². The molecule has 0 radical (unpaired) electrons. The molecule has 3 aromatic carbocycles. The molecule has 0 atom stereocenters. The first-order valence-corrected chi connectivity index (χ1v) is 14.6. The lowest BCUT2D eigenvalue weighted by Crippen LogP contribution is -2.41. The molecule has 0 unspecified atom stereocenters. The number of anilines is 1. The number of methoxy groups -OCH3 is 2. The number of carbonyl (C=O) groups excluding carboxylic acids is 1. The van der Waals surface area contributed by atoms with Crippen molar-refractivity contribution in [1.29, 1.82) is 0 Å². The third-order valence-electron chi connectivity index (χ3n) is 5.55. The zero-order valence-electron chi connectivity index (χ0n) is 21.1. The van der Waals surface area contributed by atoms with Crippen molar-refractivity contribution in [2.75, 3.05) is 37.4 Å². The Morgan fingerprint density at radius 2 is 1.70 bits per heavy atom. The molecular formula is C27H31ClN2O5S2. The summed E-state index contributed by atoms with van der Waals surface area (Å²) in [5.41, 5.74) is 2.30. The van der Waals surface area contributed by atoms with Crippen LogP contribution < -0.4 is 19.1 Å². The molecule has 0 heterocycles. The van der Waals surface area contributed by atoms with Gasteiger partial charge in [0.05, 0.1) is 24.8 Å². The van der Waals surface area contributed by atoms with Gasteiger partial charge < -0.3 is 14.8 Å². The number of aryl methyl sites for hydroxylation is 1. The molecule has 0 aliphatic rings. The van der Waals surface area contributed by atoms with Gasteiger partial charge in [0, 0.05) is 23.4 Å². The monoisotopic (exact) mass is 562 g/mol. The van der Waals surface area contributed by atoms with Crippen molar-refractivity contribution < 1.29 is 22.7 Å². The van der Waals surface area contributed by atoms with Crippen molar-refractivity contribution in [2.24, 2.45) is 0 Å². The Morgan fingerprint density at radius 3 is 2.38 bits per heavy atom. The summed E-state index contributed by atoms with van der Waals surface area (Å²) in [7, 11) is -1.06. The maximum absolute atomic E-state index is 13.6. The average Bonchev–Trinajstić information content (AvgIpc) is 2.90. The molecule has 0 aromatic heterocycles. The van der Waals surface area contributed by atoms with Crippen LogP contribution >= 0.6 is 23.4 Å². The average molecular weight is 563 g/mol. The van der Waals surface area contributed by atoms with E-state index < -0.39 is 15.9 Å². The fourth-order valence-corrected chi connectivity index (χ4v) is 6.18. The van der Waals surface area contributed by atoms with E-state index in [9.17, 15) is 13.2 Å². The number of nitrogens with one attached hydrogen (secondary N) is 1. The first-order valence-electron chi connectivity index (χ1n) is 11.7. The maximum Gasteiger partial charge on any atom is 0.264 e. The first kappa shape index (κ1) is 28.7. The van der Waals surface area contributed by atoms with Crippen LogP contribution in [-0.4, -0.2) is 47.4 Å². The van der Waals surface area contributed by atoms with Crippen molar-refractivity contribution in [3.8, 4) is 11.5 Å².